The molecule has 4 heteroatoms. The molecule has 2 aliphatic heterocycles. The van der Waals surface area contributed by atoms with Crippen molar-refractivity contribution in [3.05, 3.63) is 34.9 Å². The van der Waals surface area contributed by atoms with E-state index in [2.05, 4.69) is 25.7 Å². The fraction of sp³-hybridized carbons (Fsp3) is 0.650. The minimum absolute atomic E-state index is 0.250. The van der Waals surface area contributed by atoms with Gasteiger partial charge in [-0.2, -0.15) is 0 Å². The fourth-order valence-electron chi connectivity index (χ4n) is 4.00. The average Bonchev–Trinajstić information content (AvgIpc) is 2.46. The van der Waals surface area contributed by atoms with Gasteiger partial charge in [-0.15, -0.1) is 0 Å². The summed E-state index contributed by atoms with van der Waals surface area (Å²) in [6, 6.07) is 7.60. The summed E-state index contributed by atoms with van der Waals surface area (Å²) in [5.41, 5.74) is 1.81. The van der Waals surface area contributed by atoms with Crippen molar-refractivity contribution in [1.82, 2.24) is 9.80 Å². The number of amides is 1. The van der Waals surface area contributed by atoms with Gasteiger partial charge in [0.05, 0.1) is 6.42 Å². The Balaban J connectivity index is 1.45. The van der Waals surface area contributed by atoms with Crippen LogP contribution in [0.4, 0.5) is 0 Å². The molecule has 3 nitrogen and oxygen atoms in total. The molecule has 2 heterocycles. The summed E-state index contributed by atoms with van der Waals surface area (Å²) in [7, 11) is 0. The number of likely N-dealkylation sites (tertiary alicyclic amines) is 2. The van der Waals surface area contributed by atoms with Crippen molar-refractivity contribution < 1.29 is 4.79 Å². The molecule has 0 unspecified atom stereocenters. The predicted octanol–water partition coefficient (Wildman–Crippen LogP) is 3.85. The summed E-state index contributed by atoms with van der Waals surface area (Å²) in [6.07, 6.45) is 2.95. The van der Waals surface area contributed by atoms with Crippen molar-refractivity contribution in [2.45, 2.75) is 40.0 Å². The Kier molecular flexibility index (Phi) is 4.94. The summed E-state index contributed by atoms with van der Waals surface area (Å²) < 4.78 is 0. The topological polar surface area (TPSA) is 23.6 Å². The van der Waals surface area contributed by atoms with Gasteiger partial charge in [-0.3, -0.25) is 4.79 Å². The van der Waals surface area contributed by atoms with E-state index in [4.69, 9.17) is 11.6 Å². The predicted molar refractivity (Wildman–Crippen MR) is 99.3 cm³/mol. The highest BCUT2D eigenvalue weighted by atomic mass is 35.5. The Bertz CT molecular complexity index is 575. The van der Waals surface area contributed by atoms with E-state index < -0.39 is 0 Å². The van der Waals surface area contributed by atoms with Crippen molar-refractivity contribution in [3.63, 3.8) is 0 Å². The highest BCUT2D eigenvalue weighted by molar-refractivity contribution is 6.30. The van der Waals surface area contributed by atoms with Crippen LogP contribution < -0.4 is 0 Å². The molecule has 0 bridgehead atoms. The molecule has 0 atom stereocenters. The van der Waals surface area contributed by atoms with Crippen LogP contribution in [0.1, 0.15) is 39.2 Å². The molecule has 0 aromatic heterocycles. The summed E-state index contributed by atoms with van der Waals surface area (Å²) in [5, 5.41) is 0.719. The van der Waals surface area contributed by atoms with Crippen LogP contribution in [0.2, 0.25) is 5.02 Å². The van der Waals surface area contributed by atoms with Gasteiger partial charge in [0.1, 0.15) is 0 Å². The molecular weight excluding hydrogens is 320 g/mol. The van der Waals surface area contributed by atoms with E-state index in [0.717, 1.165) is 23.7 Å². The van der Waals surface area contributed by atoms with E-state index in [1.54, 1.807) is 0 Å². The van der Waals surface area contributed by atoms with E-state index in [-0.39, 0.29) is 5.91 Å². The largest absolute Gasteiger partial charge is 0.341 e. The number of piperidine rings is 1. The van der Waals surface area contributed by atoms with E-state index in [1.807, 2.05) is 29.2 Å². The summed E-state index contributed by atoms with van der Waals surface area (Å²) >= 11 is 5.90. The van der Waals surface area contributed by atoms with Crippen LogP contribution in [0.15, 0.2) is 24.3 Å². The second kappa shape index (κ2) is 6.68. The van der Waals surface area contributed by atoms with Crippen LogP contribution in [-0.4, -0.2) is 48.4 Å². The Labute approximate surface area is 151 Å². The molecule has 1 aromatic rings. The average molecular weight is 349 g/mol. The zero-order valence-electron chi connectivity index (χ0n) is 15.1. The van der Waals surface area contributed by atoms with Crippen LogP contribution in [0.5, 0.6) is 0 Å². The van der Waals surface area contributed by atoms with Gasteiger partial charge in [0, 0.05) is 30.1 Å². The number of rotatable bonds is 3. The highest BCUT2D eigenvalue weighted by Gasteiger charge is 2.46. The van der Waals surface area contributed by atoms with Gasteiger partial charge < -0.3 is 9.80 Å². The standard InChI is InChI=1S/C20H29ClN2O/c1-19(2,3)13-22-10-8-20(9-11-22)14-23(15-20)18(24)12-16-4-6-17(21)7-5-16/h4-7H,8-15H2,1-3H3. The molecule has 24 heavy (non-hydrogen) atoms. The molecule has 1 aromatic carbocycles. The lowest BCUT2D eigenvalue weighted by molar-refractivity contribution is -0.146. The smallest absolute Gasteiger partial charge is 0.227 e. The van der Waals surface area contributed by atoms with Gasteiger partial charge in [-0.1, -0.05) is 44.5 Å². The Morgan fingerprint density at radius 1 is 1.12 bits per heavy atom. The maximum Gasteiger partial charge on any atom is 0.227 e. The quantitative estimate of drug-likeness (QED) is 0.828. The lowest BCUT2D eigenvalue weighted by atomic mass is 9.71. The summed E-state index contributed by atoms with van der Waals surface area (Å²) in [5.74, 6) is 0.250. The fourth-order valence-corrected chi connectivity index (χ4v) is 4.13. The van der Waals surface area contributed by atoms with Crippen molar-refractivity contribution in [2.75, 3.05) is 32.7 Å². The SMILES string of the molecule is CC(C)(C)CN1CCC2(CC1)CN(C(=O)Cc1ccc(Cl)cc1)C2. The molecule has 2 saturated heterocycles. The lowest BCUT2D eigenvalue weighted by Crippen LogP contribution is -2.62. The first-order valence-electron chi connectivity index (χ1n) is 8.99. The molecule has 2 fully saturated rings. The van der Waals surface area contributed by atoms with Crippen molar-refractivity contribution in [3.8, 4) is 0 Å². The number of carbonyl (C=O) groups is 1. The van der Waals surface area contributed by atoms with Crippen molar-refractivity contribution in [2.24, 2.45) is 10.8 Å². The number of benzene rings is 1. The third-order valence-corrected chi connectivity index (χ3v) is 5.54. The van der Waals surface area contributed by atoms with Gasteiger partial charge >= 0.3 is 0 Å². The van der Waals surface area contributed by atoms with E-state index in [0.29, 0.717) is 17.3 Å². The number of hydrogen-bond acceptors (Lipinski definition) is 2. The van der Waals surface area contributed by atoms with E-state index in [9.17, 15) is 4.79 Å². The number of nitrogens with zero attached hydrogens (tertiary/aromatic N) is 2. The van der Waals surface area contributed by atoms with Gasteiger partial charge in [0.15, 0.2) is 0 Å². The second-order valence-electron chi connectivity index (χ2n) is 8.89. The maximum atomic E-state index is 12.4. The van der Waals surface area contributed by atoms with Gasteiger partial charge in [0.25, 0.3) is 0 Å². The third-order valence-electron chi connectivity index (χ3n) is 5.29. The third kappa shape index (κ3) is 4.31. The molecule has 132 valence electrons. The molecule has 1 amide bonds. The van der Waals surface area contributed by atoms with Crippen molar-refractivity contribution in [1.29, 1.82) is 0 Å². The summed E-state index contributed by atoms with van der Waals surface area (Å²) in [4.78, 5) is 17.1. The molecule has 3 rings (SSSR count). The Hall–Kier alpha value is -1.06. The van der Waals surface area contributed by atoms with Crippen LogP contribution in [0, 0.1) is 10.8 Å². The van der Waals surface area contributed by atoms with Crippen LogP contribution in [-0.2, 0) is 11.2 Å². The lowest BCUT2D eigenvalue weighted by Gasteiger charge is -2.54. The first kappa shape index (κ1) is 17.8. The molecule has 0 radical (unpaired) electrons. The highest BCUT2D eigenvalue weighted by Crippen LogP contribution is 2.41. The van der Waals surface area contributed by atoms with Crippen molar-refractivity contribution >= 4 is 17.5 Å². The maximum absolute atomic E-state index is 12.4. The monoisotopic (exact) mass is 348 g/mol. The number of halogens is 1. The first-order chi connectivity index (χ1) is 11.2. The van der Waals surface area contributed by atoms with Gasteiger partial charge in [-0.25, -0.2) is 0 Å². The Morgan fingerprint density at radius 2 is 1.71 bits per heavy atom. The first-order valence-corrected chi connectivity index (χ1v) is 9.37. The second-order valence-corrected chi connectivity index (χ2v) is 9.33. The van der Waals surface area contributed by atoms with Gasteiger partial charge in [0.2, 0.25) is 5.91 Å². The minimum atomic E-state index is 0.250. The van der Waals surface area contributed by atoms with E-state index in [1.165, 1.54) is 32.5 Å². The zero-order valence-corrected chi connectivity index (χ0v) is 15.9. The number of carbonyl (C=O) groups excluding carboxylic acids is 1. The molecule has 0 N–H and O–H groups in total. The molecule has 2 aliphatic rings. The molecule has 0 saturated carbocycles. The normalized spacial score (nSPS) is 20.9. The minimum Gasteiger partial charge on any atom is -0.341 e. The molecule has 0 aliphatic carbocycles. The summed E-state index contributed by atoms with van der Waals surface area (Å²) in [6.45, 7) is 12.3. The van der Waals surface area contributed by atoms with Gasteiger partial charge in [-0.05, 0) is 49.0 Å². The molecule has 1 spiro atoms. The zero-order chi connectivity index (χ0) is 17.4. The Morgan fingerprint density at radius 3 is 2.25 bits per heavy atom. The van der Waals surface area contributed by atoms with E-state index >= 15 is 0 Å². The van der Waals surface area contributed by atoms with Crippen LogP contribution in [0.25, 0.3) is 0 Å². The van der Waals surface area contributed by atoms with Crippen LogP contribution in [0.3, 0.4) is 0 Å². The number of hydrogen-bond donors (Lipinski definition) is 0. The molecular formula is C20H29ClN2O. The van der Waals surface area contributed by atoms with Crippen LogP contribution >= 0.6 is 11.6 Å².